The lowest BCUT2D eigenvalue weighted by molar-refractivity contribution is -0.134. The van der Waals surface area contributed by atoms with Crippen LogP contribution in [0.3, 0.4) is 0 Å². The van der Waals surface area contributed by atoms with Crippen LogP contribution in [0.5, 0.6) is 5.75 Å². The Hall–Kier alpha value is -1.07. The summed E-state index contributed by atoms with van der Waals surface area (Å²) in [7, 11) is 1.92. The lowest BCUT2D eigenvalue weighted by Gasteiger charge is -2.24. The first kappa shape index (κ1) is 14.3. The summed E-state index contributed by atoms with van der Waals surface area (Å²) in [6.45, 7) is 1.81. The third-order valence-corrected chi connectivity index (χ3v) is 3.84. The second-order valence-corrected chi connectivity index (χ2v) is 5.60. The fraction of sp³-hybridized carbons (Fsp3) is 0.500. The largest absolute Gasteiger partial charge is 0.484 e. The highest BCUT2D eigenvalue weighted by atomic mass is 79.9. The molecule has 1 aliphatic heterocycles. The van der Waals surface area contributed by atoms with Gasteiger partial charge in [0.2, 0.25) is 0 Å². The lowest BCUT2D eigenvalue weighted by atomic mass is 10.2. The number of rotatable bonds is 5. The smallest absolute Gasteiger partial charge is 0.260 e. The Bertz CT molecular complexity index is 422. The number of nitrogens with one attached hydrogen (secondary N) is 1. The number of ether oxygens (including phenoxy) is 1. The molecule has 5 heteroatoms. The summed E-state index contributed by atoms with van der Waals surface area (Å²) < 4.78 is 6.53. The van der Waals surface area contributed by atoms with Crippen molar-refractivity contribution < 1.29 is 9.53 Å². The highest BCUT2D eigenvalue weighted by Gasteiger charge is 2.28. The monoisotopic (exact) mass is 326 g/mol. The Labute approximate surface area is 122 Å². The molecular weight excluding hydrogens is 308 g/mol. The van der Waals surface area contributed by atoms with Gasteiger partial charge in [0, 0.05) is 23.6 Å². The minimum Gasteiger partial charge on any atom is -0.484 e. The second-order valence-electron chi connectivity index (χ2n) is 4.68. The van der Waals surface area contributed by atoms with Gasteiger partial charge in [-0.1, -0.05) is 15.9 Å². The minimum atomic E-state index is 0.0701. The van der Waals surface area contributed by atoms with Crippen molar-refractivity contribution in [3.8, 4) is 5.75 Å². The normalized spacial score (nSPS) is 18.6. The van der Waals surface area contributed by atoms with Crippen molar-refractivity contribution in [3.63, 3.8) is 0 Å². The summed E-state index contributed by atoms with van der Waals surface area (Å²) in [6, 6.07) is 7.82. The van der Waals surface area contributed by atoms with Crippen LogP contribution in [0.4, 0.5) is 0 Å². The number of carbonyl (C=O) groups excluding carboxylic acids is 1. The molecule has 1 aromatic carbocycles. The molecule has 1 N–H and O–H groups in total. The molecule has 0 aromatic heterocycles. The van der Waals surface area contributed by atoms with E-state index >= 15 is 0 Å². The highest BCUT2D eigenvalue weighted by molar-refractivity contribution is 9.10. The van der Waals surface area contributed by atoms with Gasteiger partial charge in [0.05, 0.1) is 0 Å². The summed E-state index contributed by atoms with van der Waals surface area (Å²) in [6.07, 6.45) is 2.15. The molecule has 0 saturated carbocycles. The van der Waals surface area contributed by atoms with Crippen molar-refractivity contribution >= 4 is 21.8 Å². The van der Waals surface area contributed by atoms with Crippen molar-refractivity contribution in [3.05, 3.63) is 28.7 Å². The number of hydrogen-bond donors (Lipinski definition) is 1. The topological polar surface area (TPSA) is 41.6 Å². The van der Waals surface area contributed by atoms with Gasteiger partial charge in [0.1, 0.15) is 5.75 Å². The summed E-state index contributed by atoms with van der Waals surface area (Å²) in [5, 5.41) is 3.13. The van der Waals surface area contributed by atoms with Crippen LogP contribution in [0.15, 0.2) is 28.7 Å². The van der Waals surface area contributed by atoms with Crippen molar-refractivity contribution in [2.75, 3.05) is 26.7 Å². The van der Waals surface area contributed by atoms with Crippen LogP contribution in [0.25, 0.3) is 0 Å². The Morgan fingerprint density at radius 3 is 2.89 bits per heavy atom. The van der Waals surface area contributed by atoms with E-state index in [1.807, 2.05) is 36.2 Å². The molecule has 1 aliphatic rings. The Morgan fingerprint density at radius 1 is 1.47 bits per heavy atom. The van der Waals surface area contributed by atoms with Crippen LogP contribution in [-0.2, 0) is 4.79 Å². The molecule has 4 nitrogen and oxygen atoms in total. The maximum atomic E-state index is 12.1. The second kappa shape index (κ2) is 6.91. The first-order valence-electron chi connectivity index (χ1n) is 6.53. The van der Waals surface area contributed by atoms with Crippen molar-refractivity contribution in [1.29, 1.82) is 0 Å². The summed E-state index contributed by atoms with van der Waals surface area (Å²) >= 11 is 3.37. The Morgan fingerprint density at radius 2 is 2.21 bits per heavy atom. The summed E-state index contributed by atoms with van der Waals surface area (Å²) in [4.78, 5) is 14.1. The first-order valence-corrected chi connectivity index (χ1v) is 7.32. The van der Waals surface area contributed by atoms with E-state index in [9.17, 15) is 4.79 Å². The van der Waals surface area contributed by atoms with Gasteiger partial charge in [-0.3, -0.25) is 4.79 Å². The van der Waals surface area contributed by atoms with Gasteiger partial charge in [-0.25, -0.2) is 0 Å². The van der Waals surface area contributed by atoms with Crippen LogP contribution in [0, 0.1) is 0 Å². The van der Waals surface area contributed by atoms with Gasteiger partial charge in [0.15, 0.2) is 6.61 Å². The van der Waals surface area contributed by atoms with Crippen LogP contribution in [0.2, 0.25) is 0 Å². The van der Waals surface area contributed by atoms with E-state index in [0.717, 1.165) is 36.2 Å². The molecule has 1 fully saturated rings. The fourth-order valence-electron chi connectivity index (χ4n) is 2.37. The molecule has 0 bridgehead atoms. The van der Waals surface area contributed by atoms with Gasteiger partial charge < -0.3 is 15.0 Å². The number of likely N-dealkylation sites (N-methyl/N-ethyl adjacent to an activating group) is 1. The maximum Gasteiger partial charge on any atom is 0.260 e. The van der Waals surface area contributed by atoms with E-state index in [1.165, 1.54) is 0 Å². The highest BCUT2D eigenvalue weighted by Crippen LogP contribution is 2.18. The molecule has 1 saturated heterocycles. The number of nitrogens with zero attached hydrogens (tertiary/aromatic N) is 1. The van der Waals surface area contributed by atoms with E-state index < -0.39 is 0 Å². The molecule has 2 rings (SSSR count). The van der Waals surface area contributed by atoms with Crippen LogP contribution in [0.1, 0.15) is 12.8 Å². The first-order chi connectivity index (χ1) is 9.20. The predicted molar refractivity (Wildman–Crippen MR) is 78.3 cm³/mol. The molecule has 104 valence electrons. The van der Waals surface area contributed by atoms with E-state index in [-0.39, 0.29) is 12.5 Å². The molecule has 1 aromatic rings. The standard InChI is InChI=1S/C14H19BrN2O2/c1-16-9-12-3-2-8-17(12)14(18)10-19-13-6-4-11(15)5-7-13/h4-7,12,16H,2-3,8-10H2,1H3. The third kappa shape index (κ3) is 3.94. The van der Waals surface area contributed by atoms with Gasteiger partial charge in [-0.15, -0.1) is 0 Å². The van der Waals surface area contributed by atoms with E-state index in [0.29, 0.717) is 6.04 Å². The van der Waals surface area contributed by atoms with Gasteiger partial charge in [-0.2, -0.15) is 0 Å². The molecule has 0 radical (unpaired) electrons. The van der Waals surface area contributed by atoms with Crippen LogP contribution < -0.4 is 10.1 Å². The molecule has 1 heterocycles. The number of amides is 1. The van der Waals surface area contributed by atoms with Crippen molar-refractivity contribution in [1.82, 2.24) is 10.2 Å². The van der Waals surface area contributed by atoms with Crippen molar-refractivity contribution in [2.45, 2.75) is 18.9 Å². The number of hydrogen-bond acceptors (Lipinski definition) is 3. The van der Waals surface area contributed by atoms with Gasteiger partial charge >= 0.3 is 0 Å². The summed E-state index contributed by atoms with van der Waals surface area (Å²) in [5.74, 6) is 0.793. The zero-order valence-corrected chi connectivity index (χ0v) is 12.6. The minimum absolute atomic E-state index is 0.0701. The number of likely N-dealkylation sites (tertiary alicyclic amines) is 1. The predicted octanol–water partition coefficient (Wildman–Crippen LogP) is 2.04. The van der Waals surface area contributed by atoms with E-state index in [1.54, 1.807) is 0 Å². The quantitative estimate of drug-likeness (QED) is 0.900. The molecule has 1 amide bonds. The number of halogens is 1. The average Bonchev–Trinajstić information content (AvgIpc) is 2.86. The molecule has 0 spiro atoms. The van der Waals surface area contributed by atoms with Crippen LogP contribution >= 0.6 is 15.9 Å². The molecule has 1 unspecified atom stereocenters. The lowest BCUT2D eigenvalue weighted by Crippen LogP contribution is -2.43. The Kier molecular flexibility index (Phi) is 5.22. The molecular formula is C14H19BrN2O2. The maximum absolute atomic E-state index is 12.1. The fourth-order valence-corrected chi connectivity index (χ4v) is 2.64. The van der Waals surface area contributed by atoms with Crippen molar-refractivity contribution in [2.24, 2.45) is 0 Å². The van der Waals surface area contributed by atoms with E-state index in [2.05, 4.69) is 21.2 Å². The van der Waals surface area contributed by atoms with Gasteiger partial charge in [0.25, 0.3) is 5.91 Å². The molecule has 0 aliphatic carbocycles. The zero-order chi connectivity index (χ0) is 13.7. The van der Waals surface area contributed by atoms with E-state index in [4.69, 9.17) is 4.74 Å². The molecule has 1 atom stereocenters. The molecule has 19 heavy (non-hydrogen) atoms. The van der Waals surface area contributed by atoms with Gasteiger partial charge in [-0.05, 0) is 44.2 Å². The average molecular weight is 327 g/mol. The number of carbonyl (C=O) groups is 1. The Balaban J connectivity index is 1.85. The third-order valence-electron chi connectivity index (χ3n) is 3.31. The zero-order valence-electron chi connectivity index (χ0n) is 11.1. The summed E-state index contributed by atoms with van der Waals surface area (Å²) in [5.41, 5.74) is 0. The SMILES string of the molecule is CNCC1CCCN1C(=O)COc1ccc(Br)cc1. The van der Waals surface area contributed by atoms with Crippen LogP contribution in [-0.4, -0.2) is 43.6 Å². The number of benzene rings is 1.